The van der Waals surface area contributed by atoms with Gasteiger partial charge in [0.1, 0.15) is 0 Å². The molecule has 0 atom stereocenters. The molecule has 1 aliphatic rings. The highest BCUT2D eigenvalue weighted by Gasteiger charge is 2.26. The highest BCUT2D eigenvalue weighted by Crippen LogP contribution is 2.25. The number of rotatable bonds is 3. The number of hydrogen-bond donors (Lipinski definition) is 0. The van der Waals surface area contributed by atoms with Gasteiger partial charge in [0.05, 0.1) is 29.4 Å². The SMILES string of the molecule is Cc1nc(C)c(CC(=O)N2Cc3cnc(-c4ccccc4)nc3C2)s1. The molecule has 1 aromatic carbocycles. The van der Waals surface area contributed by atoms with Crippen LogP contribution in [0.15, 0.2) is 36.5 Å². The van der Waals surface area contributed by atoms with E-state index in [0.29, 0.717) is 25.3 Å². The van der Waals surface area contributed by atoms with Gasteiger partial charge in [-0.1, -0.05) is 30.3 Å². The first-order valence-electron chi connectivity index (χ1n) is 8.21. The van der Waals surface area contributed by atoms with Crippen LogP contribution in [0, 0.1) is 13.8 Å². The zero-order valence-corrected chi connectivity index (χ0v) is 15.0. The minimum Gasteiger partial charge on any atom is -0.332 e. The van der Waals surface area contributed by atoms with E-state index in [-0.39, 0.29) is 5.91 Å². The van der Waals surface area contributed by atoms with Crippen LogP contribution in [0.1, 0.15) is 26.8 Å². The van der Waals surface area contributed by atoms with Crippen LogP contribution in [-0.2, 0) is 24.3 Å². The Hall–Kier alpha value is -2.60. The number of carbonyl (C=O) groups is 1. The Morgan fingerprint density at radius 2 is 1.96 bits per heavy atom. The fraction of sp³-hybridized carbons (Fsp3) is 0.263. The molecule has 0 spiro atoms. The number of thiazole rings is 1. The van der Waals surface area contributed by atoms with E-state index in [4.69, 9.17) is 0 Å². The largest absolute Gasteiger partial charge is 0.332 e. The highest BCUT2D eigenvalue weighted by molar-refractivity contribution is 7.11. The summed E-state index contributed by atoms with van der Waals surface area (Å²) < 4.78 is 0. The molecule has 1 aliphatic heterocycles. The van der Waals surface area contributed by atoms with Gasteiger partial charge in [-0.15, -0.1) is 11.3 Å². The molecule has 4 rings (SSSR count). The normalized spacial score (nSPS) is 13.1. The minimum atomic E-state index is 0.117. The van der Waals surface area contributed by atoms with Crippen molar-refractivity contribution in [3.05, 3.63) is 63.4 Å². The Kier molecular flexibility index (Phi) is 4.05. The van der Waals surface area contributed by atoms with Gasteiger partial charge in [-0.2, -0.15) is 0 Å². The molecule has 0 saturated carbocycles. The van der Waals surface area contributed by atoms with E-state index in [9.17, 15) is 4.79 Å². The quantitative estimate of drug-likeness (QED) is 0.727. The van der Waals surface area contributed by atoms with Gasteiger partial charge in [0, 0.05) is 28.7 Å². The topological polar surface area (TPSA) is 59.0 Å². The first-order valence-corrected chi connectivity index (χ1v) is 9.02. The monoisotopic (exact) mass is 350 g/mol. The van der Waals surface area contributed by atoms with Crippen molar-refractivity contribution >= 4 is 17.2 Å². The predicted octanol–water partition coefficient (Wildman–Crippen LogP) is 3.30. The lowest BCUT2D eigenvalue weighted by Gasteiger charge is -2.14. The number of nitrogens with zero attached hydrogens (tertiary/aromatic N) is 4. The standard InChI is InChI=1S/C19H18N4OS/c1-12-17(25-13(2)21-12)8-18(24)23-10-15-9-20-19(22-16(15)11-23)14-6-4-3-5-7-14/h3-7,9H,8,10-11H2,1-2H3. The van der Waals surface area contributed by atoms with Crippen molar-refractivity contribution in [2.75, 3.05) is 0 Å². The van der Waals surface area contributed by atoms with Crippen LogP contribution in [0.5, 0.6) is 0 Å². The van der Waals surface area contributed by atoms with E-state index in [2.05, 4.69) is 15.0 Å². The van der Waals surface area contributed by atoms with Crippen LogP contribution in [0.4, 0.5) is 0 Å². The zero-order chi connectivity index (χ0) is 17.4. The maximum atomic E-state index is 12.7. The second-order valence-corrected chi connectivity index (χ2v) is 7.49. The van der Waals surface area contributed by atoms with Crippen LogP contribution in [0.3, 0.4) is 0 Å². The third-order valence-corrected chi connectivity index (χ3v) is 5.42. The van der Waals surface area contributed by atoms with Crippen LogP contribution < -0.4 is 0 Å². The molecule has 3 heterocycles. The minimum absolute atomic E-state index is 0.117. The van der Waals surface area contributed by atoms with Gasteiger partial charge in [-0.3, -0.25) is 4.79 Å². The van der Waals surface area contributed by atoms with Crippen molar-refractivity contribution in [1.29, 1.82) is 0 Å². The lowest BCUT2D eigenvalue weighted by atomic mass is 10.2. The average Bonchev–Trinajstić information content (AvgIpc) is 3.18. The third kappa shape index (κ3) is 3.17. The summed E-state index contributed by atoms with van der Waals surface area (Å²) in [6.45, 7) is 5.06. The van der Waals surface area contributed by atoms with E-state index < -0.39 is 0 Å². The lowest BCUT2D eigenvalue weighted by molar-refractivity contribution is -0.131. The maximum absolute atomic E-state index is 12.7. The Bertz CT molecular complexity index is 936. The molecule has 0 bridgehead atoms. The highest BCUT2D eigenvalue weighted by atomic mass is 32.1. The fourth-order valence-corrected chi connectivity index (χ4v) is 3.97. The summed E-state index contributed by atoms with van der Waals surface area (Å²) in [5.41, 5.74) is 3.93. The second kappa shape index (κ2) is 6.37. The van der Waals surface area contributed by atoms with Gasteiger partial charge in [0.2, 0.25) is 5.91 Å². The van der Waals surface area contributed by atoms with Crippen molar-refractivity contribution in [2.45, 2.75) is 33.4 Å². The number of benzene rings is 1. The van der Waals surface area contributed by atoms with E-state index in [1.54, 1.807) is 11.3 Å². The molecule has 0 N–H and O–H groups in total. The van der Waals surface area contributed by atoms with E-state index in [0.717, 1.165) is 32.4 Å². The molecule has 0 unspecified atom stereocenters. The molecule has 0 radical (unpaired) electrons. The van der Waals surface area contributed by atoms with Gasteiger partial charge in [0.25, 0.3) is 0 Å². The lowest BCUT2D eigenvalue weighted by Crippen LogP contribution is -2.26. The van der Waals surface area contributed by atoms with Gasteiger partial charge < -0.3 is 4.90 Å². The van der Waals surface area contributed by atoms with E-state index >= 15 is 0 Å². The van der Waals surface area contributed by atoms with Crippen LogP contribution in [0.2, 0.25) is 0 Å². The van der Waals surface area contributed by atoms with Crippen LogP contribution in [0.25, 0.3) is 11.4 Å². The molecular weight excluding hydrogens is 332 g/mol. The van der Waals surface area contributed by atoms with Crippen LogP contribution >= 0.6 is 11.3 Å². The van der Waals surface area contributed by atoms with Gasteiger partial charge >= 0.3 is 0 Å². The van der Waals surface area contributed by atoms with Crippen molar-refractivity contribution in [3.8, 4) is 11.4 Å². The summed E-state index contributed by atoms with van der Waals surface area (Å²) in [7, 11) is 0. The Balaban J connectivity index is 1.51. The van der Waals surface area contributed by atoms with Crippen molar-refractivity contribution in [1.82, 2.24) is 19.9 Å². The molecule has 1 amide bonds. The Morgan fingerprint density at radius 1 is 1.16 bits per heavy atom. The summed E-state index contributed by atoms with van der Waals surface area (Å²) in [6, 6.07) is 9.91. The summed E-state index contributed by atoms with van der Waals surface area (Å²) in [5.74, 6) is 0.827. The molecular formula is C19H18N4OS. The molecule has 126 valence electrons. The summed E-state index contributed by atoms with van der Waals surface area (Å²) >= 11 is 1.60. The first-order chi connectivity index (χ1) is 12.1. The summed E-state index contributed by atoms with van der Waals surface area (Å²) in [4.78, 5) is 29.1. The van der Waals surface area contributed by atoms with Crippen molar-refractivity contribution < 1.29 is 4.79 Å². The Labute approximate surface area is 150 Å². The molecule has 0 saturated heterocycles. The predicted molar refractivity (Wildman–Crippen MR) is 97.0 cm³/mol. The number of hydrogen-bond acceptors (Lipinski definition) is 5. The molecule has 6 heteroatoms. The maximum Gasteiger partial charge on any atom is 0.228 e. The molecule has 0 fully saturated rings. The first kappa shape index (κ1) is 15.9. The number of aromatic nitrogens is 3. The van der Waals surface area contributed by atoms with Crippen LogP contribution in [-0.4, -0.2) is 25.8 Å². The summed E-state index contributed by atoms with van der Waals surface area (Å²) in [5, 5.41) is 1.00. The molecule has 5 nitrogen and oxygen atoms in total. The fourth-order valence-electron chi connectivity index (χ4n) is 3.04. The van der Waals surface area contributed by atoms with E-state index in [1.165, 1.54) is 0 Å². The zero-order valence-electron chi connectivity index (χ0n) is 14.2. The van der Waals surface area contributed by atoms with Crippen molar-refractivity contribution in [3.63, 3.8) is 0 Å². The molecule has 3 aromatic rings. The smallest absolute Gasteiger partial charge is 0.228 e. The third-order valence-electron chi connectivity index (χ3n) is 4.35. The molecule has 0 aliphatic carbocycles. The number of carbonyl (C=O) groups excluding carboxylic acids is 1. The number of amides is 1. The number of fused-ring (bicyclic) bond motifs is 1. The van der Waals surface area contributed by atoms with Crippen molar-refractivity contribution in [2.24, 2.45) is 0 Å². The average molecular weight is 350 g/mol. The molecule has 25 heavy (non-hydrogen) atoms. The van der Waals surface area contributed by atoms with Gasteiger partial charge in [-0.25, -0.2) is 15.0 Å². The van der Waals surface area contributed by atoms with Gasteiger partial charge in [0.15, 0.2) is 5.82 Å². The second-order valence-electron chi connectivity index (χ2n) is 6.20. The summed E-state index contributed by atoms with van der Waals surface area (Å²) in [6.07, 6.45) is 2.25. The molecule has 2 aromatic heterocycles. The number of aryl methyl sites for hydroxylation is 2. The van der Waals surface area contributed by atoms with Gasteiger partial charge in [-0.05, 0) is 13.8 Å². The Morgan fingerprint density at radius 3 is 2.68 bits per heavy atom. The van der Waals surface area contributed by atoms with E-state index in [1.807, 2.05) is 55.3 Å².